The van der Waals surface area contributed by atoms with Gasteiger partial charge in [-0.3, -0.25) is 0 Å². The van der Waals surface area contributed by atoms with Crippen molar-refractivity contribution in [3.05, 3.63) is 89.0 Å². The molecule has 0 heterocycles. The number of hydrogen-bond donors (Lipinski definition) is 0. The SMILES string of the molecule is CCC(C)(CC)c1ccc(P(c2ccccc2)c2ccc(C(C)(CC)CC)cc2C)c(C)c1. The first kappa shape index (κ1) is 25.7. The molecule has 0 bridgehead atoms. The topological polar surface area (TPSA) is 0 Å². The first-order valence-corrected chi connectivity index (χ1v) is 14.1. The maximum atomic E-state index is 2.47. The highest BCUT2D eigenvalue weighted by Crippen LogP contribution is 2.39. The van der Waals surface area contributed by atoms with Crippen molar-refractivity contribution in [1.82, 2.24) is 0 Å². The summed E-state index contributed by atoms with van der Waals surface area (Å²) in [7, 11) is -0.601. The van der Waals surface area contributed by atoms with E-state index in [2.05, 4.69) is 122 Å². The van der Waals surface area contributed by atoms with E-state index in [4.69, 9.17) is 0 Å². The summed E-state index contributed by atoms with van der Waals surface area (Å²) in [6.45, 7) is 18.7. The van der Waals surface area contributed by atoms with Gasteiger partial charge in [0.05, 0.1) is 0 Å². The van der Waals surface area contributed by atoms with Gasteiger partial charge in [-0.05, 0) is 96.4 Å². The van der Waals surface area contributed by atoms with Gasteiger partial charge in [0.2, 0.25) is 0 Å². The summed E-state index contributed by atoms with van der Waals surface area (Å²) in [5.41, 5.74) is 6.30. The van der Waals surface area contributed by atoms with Crippen LogP contribution in [0.2, 0.25) is 0 Å². The molecule has 0 aliphatic rings. The smallest absolute Gasteiger partial charge is 0.00804 e. The van der Waals surface area contributed by atoms with E-state index in [0.29, 0.717) is 0 Å². The van der Waals surface area contributed by atoms with Crippen LogP contribution < -0.4 is 15.9 Å². The van der Waals surface area contributed by atoms with Gasteiger partial charge < -0.3 is 0 Å². The second kappa shape index (κ2) is 10.6. The van der Waals surface area contributed by atoms with Crippen LogP contribution in [0, 0.1) is 13.8 Å². The Labute approximate surface area is 204 Å². The molecule has 1 heteroatoms. The van der Waals surface area contributed by atoms with Crippen LogP contribution in [0.4, 0.5) is 0 Å². The molecule has 3 aromatic rings. The van der Waals surface area contributed by atoms with Crippen molar-refractivity contribution in [2.24, 2.45) is 0 Å². The van der Waals surface area contributed by atoms with Crippen molar-refractivity contribution >= 4 is 23.8 Å². The molecule has 0 fully saturated rings. The fourth-order valence-corrected chi connectivity index (χ4v) is 7.43. The third-order valence-corrected chi connectivity index (χ3v) is 11.2. The van der Waals surface area contributed by atoms with E-state index in [1.165, 1.54) is 63.9 Å². The Hall–Kier alpha value is -1.91. The van der Waals surface area contributed by atoms with Gasteiger partial charge >= 0.3 is 0 Å². The van der Waals surface area contributed by atoms with Gasteiger partial charge in [0, 0.05) is 0 Å². The maximum absolute atomic E-state index is 2.47. The van der Waals surface area contributed by atoms with E-state index in [0.717, 1.165) is 0 Å². The lowest BCUT2D eigenvalue weighted by molar-refractivity contribution is 0.439. The molecule has 0 amide bonds. The summed E-state index contributed by atoms with van der Waals surface area (Å²) >= 11 is 0. The van der Waals surface area contributed by atoms with Gasteiger partial charge in [-0.1, -0.05) is 108 Å². The van der Waals surface area contributed by atoms with Crippen molar-refractivity contribution in [3.63, 3.8) is 0 Å². The van der Waals surface area contributed by atoms with Crippen molar-refractivity contribution in [3.8, 4) is 0 Å². The molecule has 0 nitrogen and oxygen atoms in total. The fraction of sp³-hybridized carbons (Fsp3) is 0.438. The molecule has 0 saturated carbocycles. The Morgan fingerprint density at radius 1 is 0.576 bits per heavy atom. The largest absolute Gasteiger partial charge is 0.0645 e. The summed E-state index contributed by atoms with van der Waals surface area (Å²) in [4.78, 5) is 0. The zero-order valence-electron chi connectivity index (χ0n) is 22.1. The van der Waals surface area contributed by atoms with E-state index in [-0.39, 0.29) is 10.8 Å². The second-order valence-corrected chi connectivity index (χ2v) is 12.4. The predicted molar refractivity (Wildman–Crippen MR) is 150 cm³/mol. The third-order valence-electron chi connectivity index (χ3n) is 8.40. The molecule has 3 aromatic carbocycles. The molecular formula is C32H43P. The molecule has 0 N–H and O–H groups in total. The Morgan fingerprint density at radius 2 is 0.970 bits per heavy atom. The molecule has 0 aromatic heterocycles. The zero-order chi connectivity index (χ0) is 24.2. The Balaban J connectivity index is 2.16. The average molecular weight is 459 g/mol. The molecule has 176 valence electrons. The van der Waals surface area contributed by atoms with Crippen LogP contribution in [0.25, 0.3) is 0 Å². The van der Waals surface area contributed by atoms with Gasteiger partial charge in [0.1, 0.15) is 0 Å². The second-order valence-electron chi connectivity index (χ2n) is 10.2. The first-order valence-electron chi connectivity index (χ1n) is 12.8. The minimum Gasteiger partial charge on any atom is -0.0645 e. The van der Waals surface area contributed by atoms with E-state index < -0.39 is 7.92 Å². The third kappa shape index (κ3) is 5.12. The molecule has 0 radical (unpaired) electrons. The molecule has 0 atom stereocenters. The molecule has 0 spiro atoms. The molecule has 0 aliphatic heterocycles. The number of benzene rings is 3. The highest BCUT2D eigenvalue weighted by atomic mass is 31.1. The highest BCUT2D eigenvalue weighted by molar-refractivity contribution is 7.80. The molecule has 0 aliphatic carbocycles. The summed E-state index contributed by atoms with van der Waals surface area (Å²) in [5.74, 6) is 0. The van der Waals surface area contributed by atoms with Crippen molar-refractivity contribution in [1.29, 1.82) is 0 Å². The zero-order valence-corrected chi connectivity index (χ0v) is 23.0. The van der Waals surface area contributed by atoms with Crippen LogP contribution in [0.15, 0.2) is 66.7 Å². The lowest BCUT2D eigenvalue weighted by atomic mass is 9.77. The van der Waals surface area contributed by atoms with Gasteiger partial charge in [-0.2, -0.15) is 0 Å². The normalized spacial score (nSPS) is 12.4. The number of rotatable bonds is 9. The van der Waals surface area contributed by atoms with Crippen LogP contribution in [0.5, 0.6) is 0 Å². The summed E-state index contributed by atoms with van der Waals surface area (Å²) in [6, 6.07) is 25.8. The van der Waals surface area contributed by atoms with Crippen molar-refractivity contribution in [2.45, 2.75) is 91.9 Å². The Bertz CT molecular complexity index is 988. The summed E-state index contributed by atoms with van der Waals surface area (Å²) in [5, 5.41) is 4.40. The Kier molecular flexibility index (Phi) is 8.23. The van der Waals surface area contributed by atoms with Crippen LogP contribution in [0.1, 0.15) is 89.5 Å². The van der Waals surface area contributed by atoms with Crippen LogP contribution >= 0.6 is 7.92 Å². The fourth-order valence-electron chi connectivity index (χ4n) is 4.87. The molecule has 33 heavy (non-hydrogen) atoms. The van der Waals surface area contributed by atoms with Crippen LogP contribution in [-0.2, 0) is 10.8 Å². The molecule has 0 saturated heterocycles. The molecular weight excluding hydrogens is 415 g/mol. The van der Waals surface area contributed by atoms with Crippen LogP contribution in [0.3, 0.4) is 0 Å². The minimum atomic E-state index is -0.601. The lowest BCUT2D eigenvalue weighted by Crippen LogP contribution is -2.27. The van der Waals surface area contributed by atoms with Crippen LogP contribution in [-0.4, -0.2) is 0 Å². The van der Waals surface area contributed by atoms with Gasteiger partial charge in [0.15, 0.2) is 0 Å². The number of aryl methyl sites for hydroxylation is 2. The van der Waals surface area contributed by atoms with E-state index in [1.54, 1.807) is 0 Å². The van der Waals surface area contributed by atoms with Gasteiger partial charge in [0.25, 0.3) is 0 Å². The maximum Gasteiger partial charge on any atom is -0.00804 e. The molecule has 0 unspecified atom stereocenters. The van der Waals surface area contributed by atoms with Gasteiger partial charge in [-0.15, -0.1) is 0 Å². The minimum absolute atomic E-state index is 0.251. The quantitative estimate of drug-likeness (QED) is 0.283. The summed E-state index contributed by atoms with van der Waals surface area (Å²) in [6.07, 6.45) is 4.68. The van der Waals surface area contributed by atoms with Crippen molar-refractivity contribution in [2.75, 3.05) is 0 Å². The predicted octanol–water partition coefficient (Wildman–Crippen LogP) is 8.22. The first-order chi connectivity index (χ1) is 15.7. The Morgan fingerprint density at radius 3 is 1.30 bits per heavy atom. The standard InChI is InChI=1S/C32H43P/c1-9-31(7,10-2)26-18-20-29(24(5)22-26)33(28-16-14-13-15-17-28)30-21-19-27(23-25(30)6)32(8,11-3)12-4/h13-23H,9-12H2,1-8H3. The molecule has 3 rings (SSSR count). The monoisotopic (exact) mass is 458 g/mol. The number of hydrogen-bond acceptors (Lipinski definition) is 0. The van der Waals surface area contributed by atoms with Crippen molar-refractivity contribution < 1.29 is 0 Å². The highest BCUT2D eigenvalue weighted by Gasteiger charge is 2.27. The average Bonchev–Trinajstić information content (AvgIpc) is 2.85. The van der Waals surface area contributed by atoms with Gasteiger partial charge in [-0.25, -0.2) is 0 Å². The van der Waals surface area contributed by atoms with E-state index >= 15 is 0 Å². The van der Waals surface area contributed by atoms with E-state index in [1.807, 2.05) is 0 Å². The van der Waals surface area contributed by atoms with E-state index in [9.17, 15) is 0 Å². The lowest BCUT2D eigenvalue weighted by Gasteiger charge is -2.31. The summed E-state index contributed by atoms with van der Waals surface area (Å²) < 4.78 is 0.